The Morgan fingerprint density at radius 2 is 1.93 bits per heavy atom. The molecule has 1 saturated carbocycles. The number of likely N-dealkylation sites (tertiary alicyclic amines) is 1. The molecular weight excluding hydrogens is 344 g/mol. The molecule has 1 aliphatic carbocycles. The van der Waals surface area contributed by atoms with Gasteiger partial charge in [-0.1, -0.05) is 25.7 Å². The molecule has 0 aromatic rings. The van der Waals surface area contributed by atoms with Crippen LogP contribution in [0.4, 0.5) is 0 Å². The van der Waals surface area contributed by atoms with Gasteiger partial charge in [-0.25, -0.2) is 0 Å². The fourth-order valence-corrected chi connectivity index (χ4v) is 4.86. The molecule has 2 amide bonds. The van der Waals surface area contributed by atoms with Crippen molar-refractivity contribution in [1.29, 1.82) is 0 Å². The number of nitrogens with zero attached hydrogens (tertiary/aromatic N) is 1. The van der Waals surface area contributed by atoms with Gasteiger partial charge in [0.05, 0.1) is 5.54 Å². The summed E-state index contributed by atoms with van der Waals surface area (Å²) in [6.45, 7) is 3.28. The maximum atomic E-state index is 12.8. The van der Waals surface area contributed by atoms with Crippen LogP contribution in [-0.4, -0.2) is 62.3 Å². The molecular formula is C21H36N2O4. The van der Waals surface area contributed by atoms with Crippen LogP contribution >= 0.6 is 0 Å². The molecule has 0 radical (unpaired) electrons. The van der Waals surface area contributed by atoms with E-state index in [9.17, 15) is 9.59 Å². The van der Waals surface area contributed by atoms with Gasteiger partial charge in [-0.3, -0.25) is 9.59 Å². The maximum Gasteiger partial charge on any atom is 0.223 e. The number of hydrogen-bond donors (Lipinski definition) is 1. The summed E-state index contributed by atoms with van der Waals surface area (Å²) in [5.74, 6) is 1.14. The Hall–Kier alpha value is -1.14. The average Bonchev–Trinajstić information content (AvgIpc) is 3.36. The lowest BCUT2D eigenvalue weighted by atomic mass is 9.91. The molecule has 2 aliphatic heterocycles. The van der Waals surface area contributed by atoms with Gasteiger partial charge in [0.15, 0.2) is 0 Å². The van der Waals surface area contributed by atoms with Crippen LogP contribution in [-0.2, 0) is 19.1 Å². The van der Waals surface area contributed by atoms with E-state index >= 15 is 0 Å². The molecule has 1 atom stereocenters. The van der Waals surface area contributed by atoms with Crippen LogP contribution < -0.4 is 5.32 Å². The second-order valence-corrected chi connectivity index (χ2v) is 8.65. The van der Waals surface area contributed by atoms with E-state index in [1.54, 1.807) is 7.11 Å². The molecule has 2 saturated heterocycles. The highest BCUT2D eigenvalue weighted by atomic mass is 16.5. The first kappa shape index (κ1) is 20.6. The van der Waals surface area contributed by atoms with Crippen molar-refractivity contribution in [1.82, 2.24) is 10.2 Å². The standard InChI is InChI=1S/C21H36N2O4/c1-26-15-11-21(22-20(25)18-8-13-27-14-9-18)10-12-23(16-21)19(24)7-6-17-4-2-3-5-17/h17-18H,2-16H2,1H3,(H,22,25). The van der Waals surface area contributed by atoms with Gasteiger partial charge in [-0.15, -0.1) is 0 Å². The second kappa shape index (κ2) is 9.87. The zero-order chi connectivity index (χ0) is 19.1. The molecule has 0 aromatic heterocycles. The highest BCUT2D eigenvalue weighted by molar-refractivity contribution is 5.80. The number of ether oxygens (including phenoxy) is 2. The summed E-state index contributed by atoms with van der Waals surface area (Å²) in [4.78, 5) is 27.5. The van der Waals surface area contributed by atoms with E-state index in [2.05, 4.69) is 5.32 Å². The molecule has 2 heterocycles. The van der Waals surface area contributed by atoms with Gasteiger partial charge in [-0.05, 0) is 38.0 Å². The fraction of sp³-hybridized carbons (Fsp3) is 0.905. The van der Waals surface area contributed by atoms with Crippen LogP contribution in [0, 0.1) is 11.8 Å². The minimum atomic E-state index is -0.339. The van der Waals surface area contributed by atoms with Crippen molar-refractivity contribution >= 4 is 11.8 Å². The predicted molar refractivity (Wildman–Crippen MR) is 103 cm³/mol. The Bertz CT molecular complexity index is 500. The number of amides is 2. The molecule has 1 unspecified atom stereocenters. The summed E-state index contributed by atoms with van der Waals surface area (Å²) in [5, 5.41) is 3.31. The lowest BCUT2D eigenvalue weighted by Crippen LogP contribution is -2.53. The van der Waals surface area contributed by atoms with Crippen molar-refractivity contribution in [2.45, 2.75) is 69.7 Å². The Kier molecular flexibility index (Phi) is 7.53. The van der Waals surface area contributed by atoms with E-state index in [0.29, 0.717) is 32.8 Å². The first-order chi connectivity index (χ1) is 13.1. The number of carbonyl (C=O) groups is 2. The number of methoxy groups -OCH3 is 1. The second-order valence-electron chi connectivity index (χ2n) is 8.65. The lowest BCUT2D eigenvalue weighted by Gasteiger charge is -2.33. The molecule has 0 bridgehead atoms. The number of nitrogens with one attached hydrogen (secondary N) is 1. The highest BCUT2D eigenvalue weighted by Crippen LogP contribution is 2.31. The Labute approximate surface area is 163 Å². The monoisotopic (exact) mass is 380 g/mol. The van der Waals surface area contributed by atoms with Crippen molar-refractivity contribution in [3.8, 4) is 0 Å². The highest BCUT2D eigenvalue weighted by Gasteiger charge is 2.41. The van der Waals surface area contributed by atoms with Gasteiger partial charge < -0.3 is 19.7 Å². The Morgan fingerprint density at radius 3 is 2.63 bits per heavy atom. The van der Waals surface area contributed by atoms with Crippen molar-refractivity contribution in [2.24, 2.45) is 11.8 Å². The summed E-state index contributed by atoms with van der Waals surface area (Å²) in [7, 11) is 1.69. The molecule has 3 rings (SSSR count). The van der Waals surface area contributed by atoms with Gasteiger partial charge in [0.1, 0.15) is 0 Å². The smallest absolute Gasteiger partial charge is 0.223 e. The third kappa shape index (κ3) is 5.67. The largest absolute Gasteiger partial charge is 0.385 e. The first-order valence-electron chi connectivity index (χ1n) is 10.8. The lowest BCUT2D eigenvalue weighted by molar-refractivity contribution is -0.133. The molecule has 3 fully saturated rings. The molecule has 0 spiro atoms. The third-order valence-electron chi connectivity index (χ3n) is 6.71. The SMILES string of the molecule is COCCC1(NC(=O)C2CCOCC2)CCN(C(=O)CCC2CCCC2)C1. The minimum absolute atomic E-state index is 0.0327. The van der Waals surface area contributed by atoms with Crippen molar-refractivity contribution in [3.05, 3.63) is 0 Å². The molecule has 154 valence electrons. The molecule has 3 aliphatic rings. The molecule has 0 aromatic carbocycles. The Balaban J connectivity index is 1.54. The van der Waals surface area contributed by atoms with E-state index in [-0.39, 0.29) is 23.3 Å². The van der Waals surface area contributed by atoms with Gasteiger partial charge in [-0.2, -0.15) is 0 Å². The van der Waals surface area contributed by atoms with Gasteiger partial charge in [0.2, 0.25) is 11.8 Å². The van der Waals surface area contributed by atoms with Crippen molar-refractivity contribution < 1.29 is 19.1 Å². The molecule has 6 heteroatoms. The predicted octanol–water partition coefficient (Wildman–Crippen LogP) is 2.51. The van der Waals surface area contributed by atoms with E-state index in [4.69, 9.17) is 9.47 Å². The number of rotatable bonds is 8. The fourth-order valence-electron chi connectivity index (χ4n) is 4.86. The van der Waals surface area contributed by atoms with Gasteiger partial charge >= 0.3 is 0 Å². The van der Waals surface area contributed by atoms with Gasteiger partial charge in [0, 0.05) is 52.4 Å². The van der Waals surface area contributed by atoms with Crippen LogP contribution in [0.5, 0.6) is 0 Å². The Morgan fingerprint density at radius 1 is 1.19 bits per heavy atom. The van der Waals surface area contributed by atoms with Crippen LogP contribution in [0.25, 0.3) is 0 Å². The van der Waals surface area contributed by atoms with Crippen molar-refractivity contribution in [3.63, 3.8) is 0 Å². The number of hydrogen-bond acceptors (Lipinski definition) is 4. The van der Waals surface area contributed by atoms with E-state index in [0.717, 1.165) is 44.6 Å². The molecule has 27 heavy (non-hydrogen) atoms. The van der Waals surface area contributed by atoms with Crippen LogP contribution in [0.3, 0.4) is 0 Å². The number of carbonyl (C=O) groups excluding carboxylic acids is 2. The van der Waals surface area contributed by atoms with Gasteiger partial charge in [0.25, 0.3) is 0 Å². The minimum Gasteiger partial charge on any atom is -0.385 e. The molecule has 6 nitrogen and oxygen atoms in total. The van der Waals surface area contributed by atoms with Crippen LogP contribution in [0.1, 0.15) is 64.2 Å². The zero-order valence-corrected chi connectivity index (χ0v) is 16.8. The molecule has 1 N–H and O–H groups in total. The van der Waals surface area contributed by atoms with E-state index in [1.807, 2.05) is 4.90 Å². The third-order valence-corrected chi connectivity index (χ3v) is 6.71. The topological polar surface area (TPSA) is 67.9 Å². The summed E-state index contributed by atoms with van der Waals surface area (Å²) in [6, 6.07) is 0. The van der Waals surface area contributed by atoms with Crippen molar-refractivity contribution in [2.75, 3.05) is 40.0 Å². The summed E-state index contributed by atoms with van der Waals surface area (Å²) in [5.41, 5.74) is -0.339. The summed E-state index contributed by atoms with van der Waals surface area (Å²) >= 11 is 0. The normalized spacial score (nSPS) is 27.2. The maximum absolute atomic E-state index is 12.8. The van der Waals surface area contributed by atoms with E-state index in [1.165, 1.54) is 25.7 Å². The summed E-state index contributed by atoms with van der Waals surface area (Å²) in [6.07, 6.45) is 10.0. The first-order valence-corrected chi connectivity index (χ1v) is 10.8. The quantitative estimate of drug-likeness (QED) is 0.703. The van der Waals surface area contributed by atoms with Crippen LogP contribution in [0.2, 0.25) is 0 Å². The zero-order valence-electron chi connectivity index (χ0n) is 16.8. The average molecular weight is 381 g/mol. The summed E-state index contributed by atoms with van der Waals surface area (Å²) < 4.78 is 10.7. The van der Waals surface area contributed by atoms with E-state index < -0.39 is 0 Å². The van der Waals surface area contributed by atoms with Crippen LogP contribution in [0.15, 0.2) is 0 Å².